The summed E-state index contributed by atoms with van der Waals surface area (Å²) < 4.78 is 8.06. The molecule has 116 valence electrons. The number of halogens is 1. The highest BCUT2D eigenvalue weighted by molar-refractivity contribution is 9.10. The average Bonchev–Trinajstić information content (AvgIpc) is 2.98. The highest BCUT2D eigenvalue weighted by atomic mass is 79.9. The van der Waals surface area contributed by atoms with Crippen molar-refractivity contribution in [3.05, 3.63) is 61.0 Å². The molecule has 0 unspecified atom stereocenters. The van der Waals surface area contributed by atoms with Gasteiger partial charge < -0.3 is 9.30 Å². The number of thiophene rings is 1. The molecule has 1 aliphatic heterocycles. The van der Waals surface area contributed by atoms with Gasteiger partial charge in [0.15, 0.2) is 0 Å². The fourth-order valence-electron chi connectivity index (χ4n) is 3.09. The van der Waals surface area contributed by atoms with Crippen LogP contribution in [-0.4, -0.2) is 10.5 Å². The lowest BCUT2D eigenvalue weighted by molar-refractivity contribution is -0.135. The molecule has 3 heterocycles. The molecule has 1 aromatic carbocycles. The van der Waals surface area contributed by atoms with E-state index in [1.165, 1.54) is 11.3 Å². The second-order valence-electron chi connectivity index (χ2n) is 5.52. The second kappa shape index (κ2) is 5.32. The Kier molecular flexibility index (Phi) is 3.39. The number of carbonyl (C=O) groups is 1. The molecule has 0 amide bonds. The van der Waals surface area contributed by atoms with Crippen LogP contribution in [0, 0.1) is 0 Å². The zero-order chi connectivity index (χ0) is 16.1. The lowest BCUT2D eigenvalue weighted by atomic mass is 9.91. The Morgan fingerprint density at radius 3 is 2.83 bits per heavy atom. The van der Waals surface area contributed by atoms with Crippen molar-refractivity contribution in [3.8, 4) is 5.75 Å². The highest BCUT2D eigenvalue weighted by Gasteiger charge is 2.34. The molecule has 2 aromatic heterocycles. The summed E-state index contributed by atoms with van der Waals surface area (Å²) in [6.45, 7) is 0. The number of hydrogen-bond donors (Lipinski definition) is 0. The zero-order valence-corrected chi connectivity index (χ0v) is 14.6. The third-order valence-corrected chi connectivity index (χ3v) is 5.96. The lowest BCUT2D eigenvalue weighted by Crippen LogP contribution is -2.31. The van der Waals surface area contributed by atoms with Crippen molar-refractivity contribution in [2.24, 2.45) is 7.05 Å². The summed E-state index contributed by atoms with van der Waals surface area (Å²) in [6, 6.07) is 9.45. The van der Waals surface area contributed by atoms with Gasteiger partial charge in [0.1, 0.15) is 5.75 Å². The van der Waals surface area contributed by atoms with Crippen molar-refractivity contribution >= 4 is 44.1 Å². The third kappa shape index (κ3) is 2.24. The number of fused-ring (bicyclic) bond motifs is 3. The van der Waals surface area contributed by atoms with Gasteiger partial charge in [0.05, 0.1) is 17.5 Å². The predicted octanol–water partition coefficient (Wildman–Crippen LogP) is 3.80. The summed E-state index contributed by atoms with van der Waals surface area (Å²) in [5.74, 6) is -0.147. The van der Waals surface area contributed by atoms with Crippen LogP contribution in [0.1, 0.15) is 22.8 Å². The Labute approximate surface area is 144 Å². The number of pyridine rings is 1. The third-order valence-electron chi connectivity index (χ3n) is 4.16. The molecule has 0 N–H and O–H groups in total. The largest absolute Gasteiger partial charge is 0.425 e. The molecule has 23 heavy (non-hydrogen) atoms. The summed E-state index contributed by atoms with van der Waals surface area (Å²) in [6.07, 6.45) is 0.188. The summed E-state index contributed by atoms with van der Waals surface area (Å²) >= 11 is 4.98. The number of benzene rings is 1. The van der Waals surface area contributed by atoms with Gasteiger partial charge in [0, 0.05) is 33.1 Å². The van der Waals surface area contributed by atoms with Gasteiger partial charge in [-0.15, -0.1) is 11.3 Å². The molecule has 0 saturated carbocycles. The molecule has 1 aliphatic rings. The maximum Gasteiger partial charge on any atom is 0.312 e. The summed E-state index contributed by atoms with van der Waals surface area (Å²) in [7, 11) is 1.75. The molecule has 0 spiro atoms. The number of nitrogens with zero attached hydrogens (tertiary/aromatic N) is 1. The molecule has 0 bridgehead atoms. The van der Waals surface area contributed by atoms with E-state index in [1.54, 1.807) is 11.6 Å². The normalized spacial score (nSPS) is 17.1. The molecule has 4 nitrogen and oxygen atoms in total. The SMILES string of the molecule is Cn1c(=O)c2c(c3ccccc31)OC(=O)C[C@@H]2c1cc(Br)cs1. The van der Waals surface area contributed by atoms with Gasteiger partial charge in [-0.1, -0.05) is 12.1 Å². The number of aromatic nitrogens is 1. The first-order chi connectivity index (χ1) is 11.1. The van der Waals surface area contributed by atoms with E-state index in [9.17, 15) is 9.59 Å². The number of carbonyl (C=O) groups excluding carboxylic acids is 1. The molecular weight excluding hydrogens is 378 g/mol. The van der Waals surface area contributed by atoms with Crippen molar-refractivity contribution < 1.29 is 9.53 Å². The van der Waals surface area contributed by atoms with Crippen LogP contribution in [0.25, 0.3) is 10.9 Å². The van der Waals surface area contributed by atoms with E-state index < -0.39 is 0 Å². The Balaban J connectivity index is 2.08. The second-order valence-corrected chi connectivity index (χ2v) is 7.38. The molecule has 6 heteroatoms. The quantitative estimate of drug-likeness (QED) is 0.594. The van der Waals surface area contributed by atoms with Gasteiger partial charge in [-0.2, -0.15) is 0 Å². The van der Waals surface area contributed by atoms with Crippen LogP contribution in [0.15, 0.2) is 45.0 Å². The molecule has 0 aliphatic carbocycles. The van der Waals surface area contributed by atoms with Gasteiger partial charge >= 0.3 is 5.97 Å². The minimum atomic E-state index is -0.301. The smallest absolute Gasteiger partial charge is 0.312 e. The van der Waals surface area contributed by atoms with Crippen LogP contribution in [-0.2, 0) is 11.8 Å². The van der Waals surface area contributed by atoms with Gasteiger partial charge in [-0.05, 0) is 34.1 Å². The molecule has 3 aromatic rings. The van der Waals surface area contributed by atoms with Gasteiger partial charge in [0.25, 0.3) is 5.56 Å². The fourth-order valence-corrected chi connectivity index (χ4v) is 4.64. The van der Waals surface area contributed by atoms with Crippen LogP contribution in [0.5, 0.6) is 5.75 Å². The highest BCUT2D eigenvalue weighted by Crippen LogP contribution is 2.42. The number of ether oxygens (including phenoxy) is 1. The van der Waals surface area contributed by atoms with Crippen molar-refractivity contribution in [2.75, 3.05) is 0 Å². The van der Waals surface area contributed by atoms with Crippen molar-refractivity contribution in [2.45, 2.75) is 12.3 Å². The Morgan fingerprint density at radius 2 is 2.09 bits per heavy atom. The predicted molar refractivity (Wildman–Crippen MR) is 93.3 cm³/mol. The maximum atomic E-state index is 12.9. The van der Waals surface area contributed by atoms with Crippen LogP contribution in [0.2, 0.25) is 0 Å². The molecule has 1 atom stereocenters. The fraction of sp³-hybridized carbons (Fsp3) is 0.176. The lowest BCUT2D eigenvalue weighted by Gasteiger charge is -2.25. The first-order valence-electron chi connectivity index (χ1n) is 7.12. The van der Waals surface area contributed by atoms with Gasteiger partial charge in [0.2, 0.25) is 0 Å². The van der Waals surface area contributed by atoms with E-state index in [1.807, 2.05) is 35.7 Å². The van der Waals surface area contributed by atoms with Gasteiger partial charge in [-0.3, -0.25) is 9.59 Å². The monoisotopic (exact) mass is 389 g/mol. The van der Waals surface area contributed by atoms with E-state index >= 15 is 0 Å². The van der Waals surface area contributed by atoms with E-state index in [2.05, 4.69) is 15.9 Å². The number of aryl methyl sites for hydroxylation is 1. The minimum absolute atomic E-state index is 0.110. The topological polar surface area (TPSA) is 48.3 Å². The standard InChI is InChI=1S/C17H12BrNO3S/c1-19-12-5-3-2-4-10(12)16-15(17(19)21)11(7-14(20)22-16)13-6-9(18)8-23-13/h2-6,8,11H,7H2,1H3/t11-/m1/s1. The minimum Gasteiger partial charge on any atom is -0.425 e. The van der Waals surface area contributed by atoms with Crippen LogP contribution < -0.4 is 10.3 Å². The number of rotatable bonds is 1. The molecule has 0 saturated heterocycles. The van der Waals surface area contributed by atoms with Crippen molar-refractivity contribution in [1.82, 2.24) is 4.57 Å². The van der Waals surface area contributed by atoms with Crippen molar-refractivity contribution in [3.63, 3.8) is 0 Å². The van der Waals surface area contributed by atoms with E-state index in [0.717, 1.165) is 20.3 Å². The number of para-hydroxylation sites is 1. The first kappa shape index (κ1) is 14.7. The molecule has 0 fully saturated rings. The summed E-state index contributed by atoms with van der Waals surface area (Å²) in [5.41, 5.74) is 1.22. The summed E-state index contributed by atoms with van der Waals surface area (Å²) in [4.78, 5) is 26.0. The Hall–Kier alpha value is -1.92. The average molecular weight is 390 g/mol. The summed E-state index contributed by atoms with van der Waals surface area (Å²) in [5, 5.41) is 2.75. The van der Waals surface area contributed by atoms with Crippen LogP contribution in [0.3, 0.4) is 0 Å². The van der Waals surface area contributed by atoms with E-state index in [4.69, 9.17) is 4.74 Å². The van der Waals surface area contributed by atoms with Crippen LogP contribution in [0.4, 0.5) is 0 Å². The van der Waals surface area contributed by atoms with Gasteiger partial charge in [-0.25, -0.2) is 0 Å². The maximum absolute atomic E-state index is 12.9. The zero-order valence-electron chi connectivity index (χ0n) is 12.2. The molecular formula is C17H12BrNO3S. The first-order valence-corrected chi connectivity index (χ1v) is 8.79. The molecule has 0 radical (unpaired) electrons. The van der Waals surface area contributed by atoms with E-state index in [-0.39, 0.29) is 23.9 Å². The Morgan fingerprint density at radius 1 is 1.30 bits per heavy atom. The Bertz CT molecular complexity index is 1000. The van der Waals surface area contributed by atoms with Crippen molar-refractivity contribution in [1.29, 1.82) is 0 Å². The van der Waals surface area contributed by atoms with Crippen LogP contribution >= 0.6 is 27.3 Å². The number of esters is 1. The van der Waals surface area contributed by atoms with E-state index in [0.29, 0.717) is 11.3 Å². The molecule has 4 rings (SSSR count). The number of hydrogen-bond acceptors (Lipinski definition) is 4.